The number of benzene rings is 1. The van der Waals surface area contributed by atoms with Gasteiger partial charge < -0.3 is 14.7 Å². The minimum absolute atomic E-state index is 0.0132. The Labute approximate surface area is 139 Å². The lowest BCUT2D eigenvalue weighted by Gasteiger charge is -2.34. The lowest BCUT2D eigenvalue weighted by molar-refractivity contribution is -0.141. The highest BCUT2D eigenvalue weighted by Gasteiger charge is 2.31. The summed E-state index contributed by atoms with van der Waals surface area (Å²) in [6.45, 7) is 4.68. The molecular formula is C17H22F3NO3. The molecule has 24 heavy (non-hydrogen) atoms. The zero-order chi connectivity index (χ0) is 17.9. The molecule has 1 amide bonds. The van der Waals surface area contributed by atoms with Crippen LogP contribution in [0, 0.1) is 5.92 Å². The van der Waals surface area contributed by atoms with Crippen molar-refractivity contribution < 1.29 is 27.8 Å². The Balaban J connectivity index is 2.01. The van der Waals surface area contributed by atoms with Crippen LogP contribution in [0.2, 0.25) is 0 Å². The van der Waals surface area contributed by atoms with E-state index in [4.69, 9.17) is 4.74 Å². The Morgan fingerprint density at radius 2 is 1.96 bits per heavy atom. The first kappa shape index (κ1) is 18.7. The second-order valence-electron chi connectivity index (χ2n) is 6.33. The Morgan fingerprint density at radius 1 is 1.33 bits per heavy atom. The van der Waals surface area contributed by atoms with Crippen LogP contribution in [0.3, 0.4) is 0 Å². The van der Waals surface area contributed by atoms with Gasteiger partial charge in [0.1, 0.15) is 6.10 Å². The second kappa shape index (κ2) is 7.53. The number of nitrogens with zero attached hydrogens (tertiary/aromatic N) is 1. The molecule has 1 saturated heterocycles. The molecule has 0 spiro atoms. The van der Waals surface area contributed by atoms with E-state index in [2.05, 4.69) is 0 Å². The molecule has 4 nitrogen and oxygen atoms in total. The number of amides is 1. The third-order valence-corrected chi connectivity index (χ3v) is 4.18. The van der Waals surface area contributed by atoms with Crippen molar-refractivity contribution in [3.8, 4) is 0 Å². The van der Waals surface area contributed by atoms with Gasteiger partial charge in [-0.25, -0.2) is 0 Å². The fourth-order valence-electron chi connectivity index (χ4n) is 2.51. The van der Waals surface area contributed by atoms with Gasteiger partial charge in [0.2, 0.25) is 5.91 Å². The first-order chi connectivity index (χ1) is 11.2. The number of rotatable bonds is 4. The quantitative estimate of drug-likeness (QED) is 0.913. The molecule has 1 aliphatic heterocycles. The van der Waals surface area contributed by atoms with Crippen molar-refractivity contribution in [1.29, 1.82) is 0 Å². The summed E-state index contributed by atoms with van der Waals surface area (Å²) in [7, 11) is 0. The molecule has 0 aliphatic carbocycles. The molecule has 1 aliphatic rings. The van der Waals surface area contributed by atoms with E-state index in [1.165, 1.54) is 12.1 Å². The van der Waals surface area contributed by atoms with Gasteiger partial charge in [-0.15, -0.1) is 0 Å². The van der Waals surface area contributed by atoms with E-state index in [-0.39, 0.29) is 24.8 Å². The van der Waals surface area contributed by atoms with Crippen LogP contribution in [0.4, 0.5) is 13.2 Å². The predicted molar refractivity (Wildman–Crippen MR) is 82.2 cm³/mol. The highest BCUT2D eigenvalue weighted by Crippen LogP contribution is 2.31. The molecule has 1 fully saturated rings. The average molecular weight is 345 g/mol. The van der Waals surface area contributed by atoms with Gasteiger partial charge in [-0.1, -0.05) is 26.0 Å². The first-order valence-electron chi connectivity index (χ1n) is 7.93. The van der Waals surface area contributed by atoms with Crippen molar-refractivity contribution in [1.82, 2.24) is 4.90 Å². The van der Waals surface area contributed by atoms with E-state index in [0.717, 1.165) is 12.1 Å². The lowest BCUT2D eigenvalue weighted by Crippen LogP contribution is -2.43. The molecule has 1 N–H and O–H groups in total. The van der Waals surface area contributed by atoms with Gasteiger partial charge in [-0.05, 0) is 23.6 Å². The van der Waals surface area contributed by atoms with Crippen LogP contribution in [0.5, 0.6) is 0 Å². The number of aliphatic hydroxyl groups is 1. The van der Waals surface area contributed by atoms with Gasteiger partial charge in [0, 0.05) is 6.54 Å². The number of carbonyl (C=O) groups excluding carboxylic acids is 1. The standard InChI is InChI=1S/C17H22F3NO3/c1-11(2)14(22)9-16(23)21-7-8-24-15(10-21)12-3-5-13(6-4-12)17(18,19)20/h3-6,11,14-15,22H,7-10H2,1-2H3/t14-,15-/m0/s1. The van der Waals surface area contributed by atoms with Crippen LogP contribution in [0.25, 0.3) is 0 Å². The molecule has 134 valence electrons. The summed E-state index contributed by atoms with van der Waals surface area (Å²) in [6, 6.07) is 4.79. The van der Waals surface area contributed by atoms with Crippen LogP contribution in [0.15, 0.2) is 24.3 Å². The van der Waals surface area contributed by atoms with Crippen LogP contribution < -0.4 is 0 Å². The van der Waals surface area contributed by atoms with Crippen LogP contribution >= 0.6 is 0 Å². The summed E-state index contributed by atoms with van der Waals surface area (Å²) >= 11 is 0. The van der Waals surface area contributed by atoms with Crippen molar-refractivity contribution >= 4 is 5.91 Å². The van der Waals surface area contributed by atoms with Crippen molar-refractivity contribution in [3.05, 3.63) is 35.4 Å². The summed E-state index contributed by atoms with van der Waals surface area (Å²) in [4.78, 5) is 13.8. The number of carbonyl (C=O) groups is 1. The number of alkyl halides is 3. The highest BCUT2D eigenvalue weighted by atomic mass is 19.4. The lowest BCUT2D eigenvalue weighted by atomic mass is 10.0. The fraction of sp³-hybridized carbons (Fsp3) is 0.588. The molecule has 2 rings (SSSR count). The zero-order valence-corrected chi connectivity index (χ0v) is 13.7. The van der Waals surface area contributed by atoms with Gasteiger partial charge in [0.25, 0.3) is 0 Å². The number of halogens is 3. The monoisotopic (exact) mass is 345 g/mol. The van der Waals surface area contributed by atoms with Gasteiger partial charge in [0.05, 0.1) is 31.2 Å². The van der Waals surface area contributed by atoms with Gasteiger partial charge in [-0.2, -0.15) is 13.2 Å². The van der Waals surface area contributed by atoms with Crippen molar-refractivity contribution in [3.63, 3.8) is 0 Å². The first-order valence-corrected chi connectivity index (χ1v) is 7.93. The molecule has 0 bridgehead atoms. The van der Waals surface area contributed by atoms with Crippen molar-refractivity contribution in [2.24, 2.45) is 5.92 Å². The molecule has 7 heteroatoms. The van der Waals surface area contributed by atoms with E-state index in [1.807, 2.05) is 13.8 Å². The maximum Gasteiger partial charge on any atom is 0.416 e. The van der Waals surface area contributed by atoms with E-state index in [9.17, 15) is 23.1 Å². The number of hydrogen-bond acceptors (Lipinski definition) is 3. The van der Waals surface area contributed by atoms with Gasteiger partial charge in [0.15, 0.2) is 0 Å². The largest absolute Gasteiger partial charge is 0.416 e. The molecule has 0 unspecified atom stereocenters. The fourth-order valence-corrected chi connectivity index (χ4v) is 2.51. The van der Waals surface area contributed by atoms with Crippen molar-refractivity contribution in [2.45, 2.75) is 38.7 Å². The number of aliphatic hydroxyl groups excluding tert-OH is 1. The molecule has 0 aromatic heterocycles. The molecule has 0 saturated carbocycles. The summed E-state index contributed by atoms with van der Waals surface area (Å²) in [6.07, 6.45) is -5.50. The predicted octanol–water partition coefficient (Wildman–Crippen LogP) is 3.01. The van der Waals surface area contributed by atoms with E-state index >= 15 is 0 Å². The minimum Gasteiger partial charge on any atom is -0.392 e. The van der Waals surface area contributed by atoms with E-state index in [1.54, 1.807) is 4.90 Å². The Morgan fingerprint density at radius 3 is 2.50 bits per heavy atom. The number of morpholine rings is 1. The summed E-state index contributed by atoms with van der Waals surface area (Å²) in [5.41, 5.74) is -0.111. The smallest absolute Gasteiger partial charge is 0.392 e. The Bertz CT molecular complexity index is 557. The molecule has 1 aromatic rings. The van der Waals surface area contributed by atoms with Gasteiger partial charge in [-0.3, -0.25) is 4.79 Å². The molecule has 2 atom stereocenters. The third kappa shape index (κ3) is 4.70. The zero-order valence-electron chi connectivity index (χ0n) is 13.7. The molecule has 0 radical (unpaired) electrons. The second-order valence-corrected chi connectivity index (χ2v) is 6.33. The summed E-state index contributed by atoms with van der Waals surface area (Å²) in [5, 5.41) is 9.83. The van der Waals surface area contributed by atoms with E-state index in [0.29, 0.717) is 18.7 Å². The molecular weight excluding hydrogens is 323 g/mol. The molecule has 1 aromatic carbocycles. The van der Waals surface area contributed by atoms with Crippen LogP contribution in [0.1, 0.15) is 37.5 Å². The maximum absolute atomic E-state index is 12.6. The SMILES string of the molecule is CC(C)[C@@H](O)CC(=O)N1CCO[C@H](c2ccc(C(F)(F)F)cc2)C1. The Kier molecular flexibility index (Phi) is 5.87. The Hall–Kier alpha value is -1.60. The summed E-state index contributed by atoms with van der Waals surface area (Å²) in [5.74, 6) is -0.183. The number of ether oxygens (including phenoxy) is 1. The highest BCUT2D eigenvalue weighted by molar-refractivity contribution is 5.76. The third-order valence-electron chi connectivity index (χ3n) is 4.18. The van der Waals surface area contributed by atoms with E-state index < -0.39 is 23.9 Å². The average Bonchev–Trinajstić information content (AvgIpc) is 2.54. The topological polar surface area (TPSA) is 49.8 Å². The maximum atomic E-state index is 12.6. The molecule has 1 heterocycles. The van der Waals surface area contributed by atoms with Gasteiger partial charge >= 0.3 is 6.18 Å². The summed E-state index contributed by atoms with van der Waals surface area (Å²) < 4.78 is 43.4. The van der Waals surface area contributed by atoms with Crippen LogP contribution in [-0.4, -0.2) is 41.7 Å². The van der Waals surface area contributed by atoms with Crippen LogP contribution in [-0.2, 0) is 15.7 Å². The number of hydrogen-bond donors (Lipinski definition) is 1. The normalized spacial score (nSPS) is 20.3. The van der Waals surface area contributed by atoms with Crippen molar-refractivity contribution in [2.75, 3.05) is 19.7 Å². The minimum atomic E-state index is -4.37.